The molecule has 2 aromatic rings. The second-order valence-electron chi connectivity index (χ2n) is 6.93. The molecule has 0 bridgehead atoms. The van der Waals surface area contributed by atoms with Crippen LogP contribution in [0.3, 0.4) is 0 Å². The van der Waals surface area contributed by atoms with E-state index >= 15 is 0 Å². The van der Waals surface area contributed by atoms with E-state index in [2.05, 4.69) is 0 Å². The molecule has 142 valence electrons. The van der Waals surface area contributed by atoms with Crippen molar-refractivity contribution in [3.8, 4) is 0 Å². The standard InChI is InChI=1S/C21H24ClN3O2/c1-14-4-3-5-18(15(14)2)21(27)25-12-10-24(11-13-25)19(20(23)26)16-6-8-17(22)9-7-16/h3-9,19H,10-13H2,1-2H3,(H2,23,26)/t19-/m1/s1. The molecule has 1 aliphatic rings. The maximum Gasteiger partial charge on any atom is 0.254 e. The number of primary amides is 1. The first-order valence-electron chi connectivity index (χ1n) is 9.03. The molecule has 5 nitrogen and oxygen atoms in total. The maximum atomic E-state index is 12.9. The van der Waals surface area contributed by atoms with Crippen LogP contribution in [0.25, 0.3) is 0 Å². The Bertz CT molecular complexity index is 843. The third-order valence-electron chi connectivity index (χ3n) is 5.26. The smallest absolute Gasteiger partial charge is 0.254 e. The fraction of sp³-hybridized carbons (Fsp3) is 0.333. The van der Waals surface area contributed by atoms with Gasteiger partial charge in [-0.1, -0.05) is 35.9 Å². The van der Waals surface area contributed by atoms with Crippen molar-refractivity contribution < 1.29 is 9.59 Å². The van der Waals surface area contributed by atoms with Crippen LogP contribution in [0, 0.1) is 13.8 Å². The highest BCUT2D eigenvalue weighted by Gasteiger charge is 2.31. The highest BCUT2D eigenvalue weighted by Crippen LogP contribution is 2.24. The van der Waals surface area contributed by atoms with Crippen molar-refractivity contribution in [2.45, 2.75) is 19.9 Å². The largest absolute Gasteiger partial charge is 0.368 e. The molecule has 27 heavy (non-hydrogen) atoms. The number of nitrogens with two attached hydrogens (primary N) is 1. The van der Waals surface area contributed by atoms with E-state index in [9.17, 15) is 9.59 Å². The van der Waals surface area contributed by atoms with Gasteiger partial charge in [0, 0.05) is 36.8 Å². The highest BCUT2D eigenvalue weighted by atomic mass is 35.5. The number of carbonyl (C=O) groups excluding carboxylic acids is 2. The Balaban J connectivity index is 1.71. The molecule has 0 aromatic heterocycles. The highest BCUT2D eigenvalue weighted by molar-refractivity contribution is 6.30. The van der Waals surface area contributed by atoms with Crippen LogP contribution >= 0.6 is 11.6 Å². The second kappa shape index (κ2) is 8.11. The minimum atomic E-state index is -0.514. The van der Waals surface area contributed by atoms with Crippen LogP contribution in [-0.2, 0) is 4.79 Å². The lowest BCUT2D eigenvalue weighted by atomic mass is 10.0. The first kappa shape index (κ1) is 19.4. The number of hydrogen-bond donors (Lipinski definition) is 1. The average molecular weight is 386 g/mol. The summed E-state index contributed by atoms with van der Waals surface area (Å²) in [6, 6.07) is 12.4. The SMILES string of the molecule is Cc1cccc(C(=O)N2CCN([C@@H](C(N)=O)c3ccc(Cl)cc3)CC2)c1C. The van der Waals surface area contributed by atoms with Gasteiger partial charge in [0.1, 0.15) is 6.04 Å². The van der Waals surface area contributed by atoms with Gasteiger partial charge in [-0.2, -0.15) is 0 Å². The van der Waals surface area contributed by atoms with Crippen LogP contribution in [0.1, 0.15) is 33.1 Å². The Labute approximate surface area is 164 Å². The molecule has 0 saturated carbocycles. The molecule has 0 unspecified atom stereocenters. The van der Waals surface area contributed by atoms with E-state index in [0.29, 0.717) is 31.2 Å². The number of benzene rings is 2. The second-order valence-corrected chi connectivity index (χ2v) is 7.37. The lowest BCUT2D eigenvalue weighted by molar-refractivity contribution is -0.124. The summed E-state index contributed by atoms with van der Waals surface area (Å²) in [5, 5.41) is 0.617. The molecule has 1 aliphatic heterocycles. The van der Waals surface area contributed by atoms with Gasteiger partial charge in [0.2, 0.25) is 5.91 Å². The summed E-state index contributed by atoms with van der Waals surface area (Å²) in [7, 11) is 0. The van der Waals surface area contributed by atoms with E-state index in [1.165, 1.54) is 0 Å². The van der Waals surface area contributed by atoms with Crippen LogP contribution in [0.5, 0.6) is 0 Å². The number of hydrogen-bond acceptors (Lipinski definition) is 3. The zero-order chi connectivity index (χ0) is 19.6. The Morgan fingerprint density at radius 3 is 2.22 bits per heavy atom. The molecule has 0 aliphatic carbocycles. The van der Waals surface area contributed by atoms with Crippen LogP contribution in [0.2, 0.25) is 5.02 Å². The number of aryl methyl sites for hydroxylation is 1. The third kappa shape index (κ3) is 4.15. The monoisotopic (exact) mass is 385 g/mol. The van der Waals surface area contributed by atoms with Crippen molar-refractivity contribution in [2.75, 3.05) is 26.2 Å². The summed E-state index contributed by atoms with van der Waals surface area (Å²) in [6.45, 7) is 6.28. The normalized spacial score (nSPS) is 16.2. The molecule has 1 saturated heterocycles. The predicted octanol–water partition coefficient (Wildman–Crippen LogP) is 2.94. The van der Waals surface area contributed by atoms with Crippen LogP contribution in [0.4, 0.5) is 0 Å². The molecule has 1 heterocycles. The van der Waals surface area contributed by atoms with Crippen molar-refractivity contribution in [1.29, 1.82) is 0 Å². The van der Waals surface area contributed by atoms with E-state index in [4.69, 9.17) is 17.3 Å². The van der Waals surface area contributed by atoms with Gasteiger partial charge in [0.05, 0.1) is 0 Å². The Morgan fingerprint density at radius 2 is 1.63 bits per heavy atom. The zero-order valence-corrected chi connectivity index (χ0v) is 16.4. The zero-order valence-electron chi connectivity index (χ0n) is 15.6. The molecule has 2 amide bonds. The Hall–Kier alpha value is -2.37. The van der Waals surface area contributed by atoms with E-state index in [0.717, 1.165) is 22.3 Å². The summed E-state index contributed by atoms with van der Waals surface area (Å²) >= 11 is 5.94. The van der Waals surface area contributed by atoms with E-state index in [1.54, 1.807) is 12.1 Å². The van der Waals surface area contributed by atoms with Crippen molar-refractivity contribution in [1.82, 2.24) is 9.80 Å². The third-order valence-corrected chi connectivity index (χ3v) is 5.51. The number of rotatable bonds is 4. The van der Waals surface area contributed by atoms with Crippen LogP contribution in [0.15, 0.2) is 42.5 Å². The molecule has 2 N–H and O–H groups in total. The van der Waals surface area contributed by atoms with Crippen molar-refractivity contribution in [3.05, 3.63) is 69.7 Å². The maximum absolute atomic E-state index is 12.9. The Morgan fingerprint density at radius 1 is 1.00 bits per heavy atom. The van der Waals surface area contributed by atoms with Gasteiger partial charge in [-0.25, -0.2) is 0 Å². The number of piperazine rings is 1. The summed E-state index contributed by atoms with van der Waals surface area (Å²) in [5.41, 5.74) is 9.35. The number of nitrogens with zero attached hydrogens (tertiary/aromatic N) is 2. The van der Waals surface area contributed by atoms with Gasteiger partial charge in [-0.15, -0.1) is 0 Å². The molecular formula is C21H24ClN3O2. The summed E-state index contributed by atoms with van der Waals surface area (Å²) in [6.07, 6.45) is 0. The molecule has 1 atom stereocenters. The van der Waals surface area contributed by atoms with Crippen molar-refractivity contribution >= 4 is 23.4 Å². The first-order valence-corrected chi connectivity index (χ1v) is 9.40. The fourth-order valence-electron chi connectivity index (χ4n) is 3.54. The fourth-order valence-corrected chi connectivity index (χ4v) is 3.66. The molecule has 6 heteroatoms. The molecule has 0 radical (unpaired) electrons. The van der Waals surface area contributed by atoms with Gasteiger partial charge in [-0.05, 0) is 48.7 Å². The first-order chi connectivity index (χ1) is 12.9. The van der Waals surface area contributed by atoms with Crippen LogP contribution in [-0.4, -0.2) is 47.8 Å². The molecule has 3 rings (SSSR count). The minimum Gasteiger partial charge on any atom is -0.368 e. The molecular weight excluding hydrogens is 362 g/mol. The molecule has 0 spiro atoms. The van der Waals surface area contributed by atoms with Gasteiger partial charge in [0.25, 0.3) is 5.91 Å². The van der Waals surface area contributed by atoms with E-state index in [1.807, 2.05) is 54.0 Å². The number of carbonyl (C=O) groups is 2. The van der Waals surface area contributed by atoms with Gasteiger partial charge in [0.15, 0.2) is 0 Å². The quantitative estimate of drug-likeness (QED) is 0.879. The average Bonchev–Trinajstić information content (AvgIpc) is 2.65. The van der Waals surface area contributed by atoms with Gasteiger partial charge >= 0.3 is 0 Å². The Kier molecular flexibility index (Phi) is 5.82. The van der Waals surface area contributed by atoms with Gasteiger partial charge < -0.3 is 10.6 Å². The summed E-state index contributed by atoms with van der Waals surface area (Å²) in [4.78, 5) is 28.8. The van der Waals surface area contributed by atoms with E-state index < -0.39 is 11.9 Å². The number of halogens is 1. The molecule has 2 aromatic carbocycles. The predicted molar refractivity (Wildman–Crippen MR) is 107 cm³/mol. The minimum absolute atomic E-state index is 0.0398. The lowest BCUT2D eigenvalue weighted by Crippen LogP contribution is -2.52. The van der Waals surface area contributed by atoms with Crippen molar-refractivity contribution in [3.63, 3.8) is 0 Å². The van der Waals surface area contributed by atoms with Gasteiger partial charge in [-0.3, -0.25) is 14.5 Å². The summed E-state index contributed by atoms with van der Waals surface area (Å²) in [5.74, 6) is -0.357. The van der Waals surface area contributed by atoms with Crippen molar-refractivity contribution in [2.24, 2.45) is 5.73 Å². The molecule has 1 fully saturated rings. The van der Waals surface area contributed by atoms with E-state index in [-0.39, 0.29) is 5.91 Å². The lowest BCUT2D eigenvalue weighted by Gasteiger charge is -2.38. The number of amides is 2. The topological polar surface area (TPSA) is 66.6 Å². The van der Waals surface area contributed by atoms with Crippen LogP contribution < -0.4 is 5.73 Å². The summed E-state index contributed by atoms with van der Waals surface area (Å²) < 4.78 is 0.